The molecule has 0 radical (unpaired) electrons. The van der Waals surface area contributed by atoms with Crippen LogP contribution in [0.4, 0.5) is 0 Å². The summed E-state index contributed by atoms with van der Waals surface area (Å²) in [5.41, 5.74) is -0.448. The summed E-state index contributed by atoms with van der Waals surface area (Å²) in [5.74, 6) is -0.211. The second-order valence-electron chi connectivity index (χ2n) is 6.83. The van der Waals surface area contributed by atoms with Crippen LogP contribution in [-0.2, 0) is 21.7 Å². The monoisotopic (exact) mass is 314 g/mol. The lowest BCUT2D eigenvalue weighted by molar-refractivity contribution is 0.0583. The summed E-state index contributed by atoms with van der Waals surface area (Å²) in [6, 6.07) is 1.05. The van der Waals surface area contributed by atoms with Crippen LogP contribution >= 0.6 is 0 Å². The van der Waals surface area contributed by atoms with Crippen molar-refractivity contribution >= 4 is 14.0 Å². The van der Waals surface area contributed by atoms with Crippen LogP contribution in [0.25, 0.3) is 0 Å². The van der Waals surface area contributed by atoms with Crippen LogP contribution in [0.2, 0.25) is 25.7 Å². The highest BCUT2D eigenvalue weighted by molar-refractivity contribution is 6.76. The van der Waals surface area contributed by atoms with E-state index in [4.69, 9.17) is 9.47 Å². The molecule has 0 unspecified atom stereocenters. The third-order valence-electron chi connectivity index (χ3n) is 2.98. The predicted molar refractivity (Wildman–Crippen MR) is 83.0 cm³/mol. The molecule has 0 saturated heterocycles. The highest BCUT2D eigenvalue weighted by Gasteiger charge is 2.26. The number of aromatic nitrogens is 2. The number of H-pyrrole nitrogens is 1. The van der Waals surface area contributed by atoms with Crippen molar-refractivity contribution in [1.29, 1.82) is 0 Å². The second kappa shape index (κ2) is 6.72. The lowest BCUT2D eigenvalue weighted by atomic mass is 10.1. The summed E-state index contributed by atoms with van der Waals surface area (Å²) >= 11 is 0. The average Bonchev–Trinajstić information content (AvgIpc) is 2.76. The van der Waals surface area contributed by atoms with Gasteiger partial charge in [0, 0.05) is 14.7 Å². The Bertz CT molecular complexity index is 486. The first-order valence-corrected chi connectivity index (χ1v) is 10.7. The van der Waals surface area contributed by atoms with E-state index in [0.29, 0.717) is 18.1 Å². The van der Waals surface area contributed by atoms with E-state index in [1.54, 1.807) is 13.8 Å². The van der Waals surface area contributed by atoms with E-state index in [9.17, 15) is 9.90 Å². The molecule has 1 aromatic heterocycles. The molecule has 7 heteroatoms. The maximum atomic E-state index is 11.7. The summed E-state index contributed by atoms with van der Waals surface area (Å²) in [5, 5.41) is 9.98. The molecule has 0 aliphatic heterocycles. The van der Waals surface area contributed by atoms with Crippen molar-refractivity contribution in [2.24, 2.45) is 0 Å². The van der Waals surface area contributed by atoms with Crippen molar-refractivity contribution < 1.29 is 19.4 Å². The Balaban J connectivity index is 2.80. The van der Waals surface area contributed by atoms with Crippen LogP contribution in [0, 0.1) is 0 Å². The molecule has 1 heterocycles. The maximum Gasteiger partial charge on any atom is 0.358 e. The van der Waals surface area contributed by atoms with E-state index in [2.05, 4.69) is 29.6 Å². The van der Waals surface area contributed by atoms with Crippen LogP contribution in [0.15, 0.2) is 0 Å². The highest BCUT2D eigenvalue weighted by atomic mass is 28.3. The topological polar surface area (TPSA) is 84.4 Å². The van der Waals surface area contributed by atoms with Gasteiger partial charge in [0.25, 0.3) is 0 Å². The third-order valence-corrected chi connectivity index (χ3v) is 4.68. The smallest absolute Gasteiger partial charge is 0.358 e. The number of hydrogen-bond acceptors (Lipinski definition) is 5. The number of nitrogens with zero attached hydrogens (tertiary/aromatic N) is 1. The minimum absolute atomic E-state index is 0.169. The van der Waals surface area contributed by atoms with Gasteiger partial charge in [-0.2, -0.15) is 0 Å². The number of carbonyl (C=O) groups is 1. The molecule has 21 heavy (non-hydrogen) atoms. The van der Waals surface area contributed by atoms with Crippen molar-refractivity contribution in [2.45, 2.75) is 51.7 Å². The molecule has 1 aromatic rings. The molecule has 120 valence electrons. The van der Waals surface area contributed by atoms with Gasteiger partial charge in [-0.1, -0.05) is 19.6 Å². The van der Waals surface area contributed by atoms with Gasteiger partial charge in [-0.05, 0) is 19.9 Å². The van der Waals surface area contributed by atoms with Crippen molar-refractivity contribution in [2.75, 3.05) is 13.7 Å². The molecule has 0 bridgehead atoms. The lowest BCUT2D eigenvalue weighted by Crippen LogP contribution is -2.21. The van der Waals surface area contributed by atoms with Crippen LogP contribution in [0.1, 0.15) is 35.9 Å². The molecular weight excluding hydrogens is 288 g/mol. The Morgan fingerprint density at radius 3 is 2.48 bits per heavy atom. The van der Waals surface area contributed by atoms with Crippen molar-refractivity contribution in [3.8, 4) is 0 Å². The zero-order valence-electron chi connectivity index (χ0n) is 13.7. The summed E-state index contributed by atoms with van der Waals surface area (Å²) in [4.78, 5) is 18.8. The van der Waals surface area contributed by atoms with E-state index in [-0.39, 0.29) is 12.3 Å². The average molecular weight is 314 g/mol. The Hall–Kier alpha value is -1.18. The lowest BCUT2D eigenvalue weighted by Gasteiger charge is -2.15. The van der Waals surface area contributed by atoms with Gasteiger partial charge in [-0.3, -0.25) is 0 Å². The molecule has 1 rings (SSSR count). The van der Waals surface area contributed by atoms with Gasteiger partial charge in [0.2, 0.25) is 0 Å². The number of carbonyl (C=O) groups excluding carboxylic acids is 1. The highest BCUT2D eigenvalue weighted by Crippen LogP contribution is 2.20. The second-order valence-corrected chi connectivity index (χ2v) is 12.4. The molecule has 0 atom stereocenters. The number of nitrogens with one attached hydrogen (secondary N) is 1. The first-order chi connectivity index (χ1) is 9.54. The largest absolute Gasteiger partial charge is 0.464 e. The number of rotatable bonds is 7. The van der Waals surface area contributed by atoms with Gasteiger partial charge in [0.15, 0.2) is 5.69 Å². The van der Waals surface area contributed by atoms with Crippen molar-refractivity contribution in [1.82, 2.24) is 9.97 Å². The van der Waals surface area contributed by atoms with Crippen LogP contribution in [-0.4, -0.2) is 42.8 Å². The van der Waals surface area contributed by atoms with Crippen molar-refractivity contribution in [3.05, 3.63) is 17.2 Å². The Labute approximate surface area is 126 Å². The van der Waals surface area contributed by atoms with Gasteiger partial charge in [0.1, 0.15) is 11.4 Å². The Morgan fingerprint density at radius 2 is 2.00 bits per heavy atom. The van der Waals surface area contributed by atoms with Gasteiger partial charge < -0.3 is 19.6 Å². The molecule has 0 spiro atoms. The summed E-state index contributed by atoms with van der Waals surface area (Å²) in [6.45, 7) is 10.9. The van der Waals surface area contributed by atoms with Gasteiger partial charge in [0.05, 0.1) is 19.4 Å². The number of ether oxygens (including phenoxy) is 2. The summed E-state index contributed by atoms with van der Waals surface area (Å²) < 4.78 is 10.3. The third kappa shape index (κ3) is 5.60. The van der Waals surface area contributed by atoms with E-state index >= 15 is 0 Å². The molecule has 0 aliphatic carbocycles. The number of methoxy groups -OCH3 is 1. The zero-order chi connectivity index (χ0) is 16.3. The van der Waals surface area contributed by atoms with Gasteiger partial charge in [-0.25, -0.2) is 9.78 Å². The molecule has 2 N–H and O–H groups in total. The Morgan fingerprint density at radius 1 is 1.38 bits per heavy atom. The first kappa shape index (κ1) is 17.9. The minimum atomic E-state index is -1.15. The van der Waals surface area contributed by atoms with Crippen LogP contribution in [0.3, 0.4) is 0 Å². The van der Waals surface area contributed by atoms with Crippen LogP contribution < -0.4 is 0 Å². The van der Waals surface area contributed by atoms with E-state index in [1.807, 2.05) is 0 Å². The summed E-state index contributed by atoms with van der Waals surface area (Å²) in [6.07, 6.45) is 0. The molecule has 0 fully saturated rings. The molecule has 0 aromatic carbocycles. The number of hydrogen-bond donors (Lipinski definition) is 2. The molecular formula is C14H26N2O4Si. The van der Waals surface area contributed by atoms with E-state index in [0.717, 1.165) is 6.04 Å². The first-order valence-electron chi connectivity index (χ1n) is 7.02. The number of imidazole rings is 1. The van der Waals surface area contributed by atoms with E-state index in [1.165, 1.54) is 7.11 Å². The van der Waals surface area contributed by atoms with Crippen LogP contribution in [0.5, 0.6) is 0 Å². The van der Waals surface area contributed by atoms with Gasteiger partial charge in [-0.15, -0.1) is 0 Å². The zero-order valence-corrected chi connectivity index (χ0v) is 14.7. The number of esters is 1. The fourth-order valence-electron chi connectivity index (χ4n) is 1.62. The quantitative estimate of drug-likeness (QED) is 0.458. The molecule has 0 aliphatic rings. The molecule has 0 amide bonds. The molecule has 0 saturated carbocycles. The number of aromatic amines is 1. The minimum Gasteiger partial charge on any atom is -0.464 e. The predicted octanol–water partition coefficient (Wildman–Crippen LogP) is 2.28. The fourth-order valence-corrected chi connectivity index (χ4v) is 2.38. The number of aliphatic hydroxyl groups is 1. The SMILES string of the molecule is COC(=O)c1nc(C(C)(C)O)[nH]c1COCC[Si](C)(C)C. The normalized spacial score (nSPS) is 12.5. The maximum absolute atomic E-state index is 11.7. The van der Waals surface area contributed by atoms with Crippen molar-refractivity contribution in [3.63, 3.8) is 0 Å². The standard InChI is InChI=1S/C14H26N2O4Si/c1-14(2,18)13-15-10(11(16-13)12(17)19-3)9-20-7-8-21(4,5)6/h18H,7-9H2,1-6H3,(H,15,16). The summed E-state index contributed by atoms with van der Waals surface area (Å²) in [7, 11) is 0.157. The molecule has 6 nitrogen and oxygen atoms in total. The fraction of sp³-hybridized carbons (Fsp3) is 0.714. The van der Waals surface area contributed by atoms with E-state index < -0.39 is 19.6 Å². The Kier molecular flexibility index (Phi) is 5.72. The van der Waals surface area contributed by atoms with Gasteiger partial charge >= 0.3 is 5.97 Å².